The number of nitrogens with zero attached hydrogens (tertiary/aromatic N) is 4. The fourth-order valence-electron chi connectivity index (χ4n) is 4.05. The van der Waals surface area contributed by atoms with E-state index in [0.717, 1.165) is 37.1 Å². The van der Waals surface area contributed by atoms with Crippen molar-refractivity contribution < 1.29 is 13.9 Å². The largest absolute Gasteiger partial charge is 0.442 e. The molecule has 2 aromatic carbocycles. The second-order valence-electron chi connectivity index (χ2n) is 7.97. The highest BCUT2D eigenvalue weighted by Crippen LogP contribution is 2.31. The second kappa shape index (κ2) is 8.85. The third-order valence-electron chi connectivity index (χ3n) is 5.82. The summed E-state index contributed by atoms with van der Waals surface area (Å²) in [5, 5.41) is 8.23. The average molecular weight is 423 g/mol. The number of rotatable bonds is 7. The van der Waals surface area contributed by atoms with Crippen molar-refractivity contribution in [3.05, 3.63) is 71.8 Å². The van der Waals surface area contributed by atoms with E-state index in [4.69, 9.17) is 10.5 Å². The maximum absolute atomic E-state index is 14.1. The highest BCUT2D eigenvalue weighted by Gasteiger charge is 2.37. The summed E-state index contributed by atoms with van der Waals surface area (Å²) in [6.07, 6.45) is 5.24. The van der Waals surface area contributed by atoms with Crippen LogP contribution < -0.4 is 10.5 Å². The van der Waals surface area contributed by atoms with Crippen LogP contribution in [-0.2, 0) is 6.42 Å². The Balaban J connectivity index is 1.49. The van der Waals surface area contributed by atoms with Gasteiger partial charge in [-0.15, -0.1) is 5.10 Å². The zero-order valence-electron chi connectivity index (χ0n) is 17.5. The molecule has 1 aliphatic heterocycles. The van der Waals surface area contributed by atoms with Crippen LogP contribution in [0, 0.1) is 5.82 Å². The van der Waals surface area contributed by atoms with Crippen molar-refractivity contribution in [3.63, 3.8) is 0 Å². The van der Waals surface area contributed by atoms with Crippen molar-refractivity contribution >= 4 is 5.91 Å². The van der Waals surface area contributed by atoms with Crippen molar-refractivity contribution in [2.24, 2.45) is 5.73 Å². The molecule has 0 bridgehead atoms. The van der Waals surface area contributed by atoms with E-state index in [1.165, 1.54) is 12.1 Å². The third kappa shape index (κ3) is 4.59. The Morgan fingerprint density at radius 3 is 2.77 bits per heavy atom. The van der Waals surface area contributed by atoms with Gasteiger partial charge in [-0.2, -0.15) is 0 Å². The van der Waals surface area contributed by atoms with Crippen molar-refractivity contribution in [1.82, 2.24) is 19.7 Å². The van der Waals surface area contributed by atoms with E-state index in [-0.39, 0.29) is 5.56 Å². The number of piperidine rings is 1. The number of primary amides is 1. The van der Waals surface area contributed by atoms with Crippen LogP contribution >= 0.6 is 0 Å². The first-order chi connectivity index (χ1) is 15.0. The van der Waals surface area contributed by atoms with Gasteiger partial charge in [0, 0.05) is 19.5 Å². The number of aromatic nitrogens is 3. The topological polar surface area (TPSA) is 86.3 Å². The molecule has 0 saturated carbocycles. The number of likely N-dealkylation sites (tertiary alicyclic amines) is 1. The lowest BCUT2D eigenvalue weighted by atomic mass is 9.98. The first-order valence-corrected chi connectivity index (χ1v) is 10.4. The lowest BCUT2D eigenvalue weighted by Gasteiger charge is -2.44. The first kappa shape index (κ1) is 21.0. The van der Waals surface area contributed by atoms with Gasteiger partial charge in [0.15, 0.2) is 5.72 Å². The number of hydrogen-bond acceptors (Lipinski definition) is 5. The number of ether oxygens (including phenoxy) is 1. The molecule has 4 rings (SSSR count). The number of para-hydroxylation sites is 1. The molecule has 1 aliphatic rings. The predicted molar refractivity (Wildman–Crippen MR) is 114 cm³/mol. The SMILES string of the molecule is CC1(Oc2nncn2-c2ccccc2)CCCCN1CCc1ccc(C(N)=O)c(F)c1. The van der Waals surface area contributed by atoms with Crippen LogP contribution in [0.4, 0.5) is 4.39 Å². The van der Waals surface area contributed by atoms with Crippen molar-refractivity contribution in [1.29, 1.82) is 0 Å². The molecule has 1 unspecified atom stereocenters. The molecule has 0 spiro atoms. The summed E-state index contributed by atoms with van der Waals surface area (Å²) >= 11 is 0. The zero-order valence-corrected chi connectivity index (χ0v) is 17.5. The van der Waals surface area contributed by atoms with Gasteiger partial charge in [-0.3, -0.25) is 14.3 Å². The quantitative estimate of drug-likeness (QED) is 0.630. The van der Waals surface area contributed by atoms with Crippen LogP contribution in [0.3, 0.4) is 0 Å². The smallest absolute Gasteiger partial charge is 0.323 e. The molecule has 3 aromatic rings. The Bertz CT molecular complexity index is 1060. The van der Waals surface area contributed by atoms with E-state index < -0.39 is 17.4 Å². The number of halogens is 1. The summed E-state index contributed by atoms with van der Waals surface area (Å²) in [4.78, 5) is 13.5. The standard InChI is InChI=1S/C23H26FN5O2/c1-23(31-22-27-26-16-29(22)18-7-3-2-4-8-18)12-5-6-13-28(23)14-11-17-9-10-19(21(25)30)20(24)15-17/h2-4,7-10,15-16H,5-6,11-14H2,1H3,(H2,25,30). The number of carbonyl (C=O) groups is 1. The Labute approximate surface area is 180 Å². The third-order valence-corrected chi connectivity index (χ3v) is 5.82. The van der Waals surface area contributed by atoms with Crippen molar-refractivity contribution in [3.8, 4) is 11.7 Å². The lowest BCUT2D eigenvalue weighted by molar-refractivity contribution is -0.101. The Hall–Kier alpha value is -3.26. The Kier molecular flexibility index (Phi) is 5.99. The van der Waals surface area contributed by atoms with E-state index in [0.29, 0.717) is 19.0 Å². The van der Waals surface area contributed by atoms with Crippen LogP contribution in [0.5, 0.6) is 6.01 Å². The molecule has 162 valence electrons. The summed E-state index contributed by atoms with van der Waals surface area (Å²) in [6.45, 7) is 3.62. The van der Waals surface area contributed by atoms with Gasteiger partial charge in [-0.05, 0) is 56.0 Å². The van der Waals surface area contributed by atoms with Crippen molar-refractivity contribution in [2.75, 3.05) is 13.1 Å². The molecule has 31 heavy (non-hydrogen) atoms. The molecule has 8 heteroatoms. The molecule has 0 radical (unpaired) electrons. The van der Waals surface area contributed by atoms with Crippen LogP contribution in [0.1, 0.15) is 42.1 Å². The van der Waals surface area contributed by atoms with Crippen LogP contribution in [0.25, 0.3) is 5.69 Å². The monoisotopic (exact) mass is 423 g/mol. The molecule has 1 saturated heterocycles. The minimum atomic E-state index is -0.761. The van der Waals surface area contributed by atoms with Gasteiger partial charge < -0.3 is 10.5 Å². The molecule has 2 N–H and O–H groups in total. The van der Waals surface area contributed by atoms with E-state index in [1.807, 2.05) is 34.9 Å². The number of amides is 1. The molecule has 1 fully saturated rings. The minimum Gasteiger partial charge on any atom is -0.442 e. The number of benzene rings is 2. The first-order valence-electron chi connectivity index (χ1n) is 10.4. The van der Waals surface area contributed by atoms with E-state index >= 15 is 0 Å². The highest BCUT2D eigenvalue weighted by molar-refractivity contribution is 5.93. The zero-order chi connectivity index (χ0) is 21.8. The molecule has 2 heterocycles. The molecule has 1 aromatic heterocycles. The summed E-state index contributed by atoms with van der Waals surface area (Å²) in [6, 6.07) is 14.8. The summed E-state index contributed by atoms with van der Waals surface area (Å²) < 4.78 is 22.4. The van der Waals surface area contributed by atoms with Crippen LogP contribution in [0.15, 0.2) is 54.9 Å². The number of carbonyl (C=O) groups excluding carboxylic acids is 1. The van der Waals surface area contributed by atoms with Gasteiger partial charge >= 0.3 is 6.01 Å². The Morgan fingerprint density at radius 1 is 1.23 bits per heavy atom. The Morgan fingerprint density at radius 2 is 2.03 bits per heavy atom. The molecular formula is C23H26FN5O2. The maximum atomic E-state index is 14.1. The molecule has 0 aliphatic carbocycles. The van der Waals surface area contributed by atoms with Gasteiger partial charge in [0.2, 0.25) is 0 Å². The average Bonchev–Trinajstić information content (AvgIpc) is 3.21. The normalized spacial score (nSPS) is 19.3. The van der Waals surface area contributed by atoms with Crippen LogP contribution in [0.2, 0.25) is 0 Å². The molecule has 7 nitrogen and oxygen atoms in total. The summed E-state index contributed by atoms with van der Waals surface area (Å²) in [5.74, 6) is -1.35. The number of hydrogen-bond donors (Lipinski definition) is 1. The van der Waals surface area contributed by atoms with Gasteiger partial charge in [0.25, 0.3) is 5.91 Å². The summed E-state index contributed by atoms with van der Waals surface area (Å²) in [7, 11) is 0. The predicted octanol–water partition coefficient (Wildman–Crippen LogP) is 3.33. The van der Waals surface area contributed by atoms with Crippen LogP contribution in [-0.4, -0.2) is 44.4 Å². The maximum Gasteiger partial charge on any atom is 0.323 e. The van der Waals surface area contributed by atoms with Gasteiger partial charge in [-0.25, -0.2) is 4.39 Å². The fourth-order valence-corrected chi connectivity index (χ4v) is 4.05. The van der Waals surface area contributed by atoms with Crippen molar-refractivity contribution in [2.45, 2.75) is 38.3 Å². The van der Waals surface area contributed by atoms with E-state index in [1.54, 1.807) is 12.4 Å². The van der Waals surface area contributed by atoms with Gasteiger partial charge in [0.05, 0.1) is 11.3 Å². The second-order valence-corrected chi connectivity index (χ2v) is 7.97. The van der Waals surface area contributed by atoms with E-state index in [2.05, 4.69) is 22.0 Å². The fraction of sp³-hybridized carbons (Fsp3) is 0.348. The molecule has 1 atom stereocenters. The van der Waals surface area contributed by atoms with Gasteiger partial charge in [-0.1, -0.05) is 29.4 Å². The molecule has 1 amide bonds. The van der Waals surface area contributed by atoms with E-state index in [9.17, 15) is 9.18 Å². The minimum absolute atomic E-state index is 0.0878. The number of nitrogens with two attached hydrogens (primary N) is 1. The highest BCUT2D eigenvalue weighted by atomic mass is 19.1. The lowest BCUT2D eigenvalue weighted by Crippen LogP contribution is -2.54. The summed E-state index contributed by atoms with van der Waals surface area (Å²) in [5.41, 5.74) is 6.29. The van der Waals surface area contributed by atoms with Gasteiger partial charge in [0.1, 0.15) is 12.1 Å². The molecular weight excluding hydrogens is 397 g/mol.